The van der Waals surface area contributed by atoms with Crippen LogP contribution in [0.1, 0.15) is 17.7 Å². The van der Waals surface area contributed by atoms with Crippen LogP contribution < -0.4 is 11.1 Å². The molecule has 3 N–H and O–H groups in total. The lowest BCUT2D eigenvalue weighted by atomic mass is 10.2. The lowest BCUT2D eigenvalue weighted by Crippen LogP contribution is -2.23. The van der Waals surface area contributed by atoms with Gasteiger partial charge in [-0.1, -0.05) is 12.1 Å². The number of nitrogens with zero attached hydrogens (tertiary/aromatic N) is 1. The van der Waals surface area contributed by atoms with Crippen LogP contribution in [0.25, 0.3) is 0 Å². The molecule has 0 bridgehead atoms. The number of carbonyl (C=O) groups is 1. The van der Waals surface area contributed by atoms with E-state index in [0.717, 1.165) is 17.0 Å². The molecule has 0 radical (unpaired) electrons. The lowest BCUT2D eigenvalue weighted by Gasteiger charge is -2.14. The third-order valence-electron chi connectivity index (χ3n) is 3.20. The van der Waals surface area contributed by atoms with Gasteiger partial charge in [-0.05, 0) is 36.9 Å². The van der Waals surface area contributed by atoms with Gasteiger partial charge in [0.2, 0.25) is 5.91 Å². The Morgan fingerprint density at radius 1 is 1.29 bits per heavy atom. The van der Waals surface area contributed by atoms with E-state index in [1.807, 2.05) is 43.4 Å². The van der Waals surface area contributed by atoms with Crippen LogP contribution in [-0.4, -0.2) is 24.4 Å². The van der Waals surface area contributed by atoms with Crippen LogP contribution in [0.3, 0.4) is 0 Å². The molecular formula is C16H21N3O2. The molecule has 2 rings (SSSR count). The summed E-state index contributed by atoms with van der Waals surface area (Å²) in [7, 11) is 1.96. The number of rotatable bonds is 7. The van der Waals surface area contributed by atoms with E-state index in [-0.39, 0.29) is 5.91 Å². The molecule has 0 aliphatic carbocycles. The summed E-state index contributed by atoms with van der Waals surface area (Å²) in [6, 6.07) is 11.4. The summed E-state index contributed by atoms with van der Waals surface area (Å²) in [4.78, 5) is 13.9. The summed E-state index contributed by atoms with van der Waals surface area (Å²) in [5, 5.41) is 2.88. The zero-order valence-electron chi connectivity index (χ0n) is 12.2. The lowest BCUT2D eigenvalue weighted by molar-refractivity contribution is -0.116. The van der Waals surface area contributed by atoms with E-state index in [1.54, 1.807) is 6.26 Å². The summed E-state index contributed by atoms with van der Waals surface area (Å²) < 4.78 is 5.28. The monoisotopic (exact) mass is 287 g/mol. The van der Waals surface area contributed by atoms with Gasteiger partial charge in [0.15, 0.2) is 0 Å². The first kappa shape index (κ1) is 15.3. The summed E-state index contributed by atoms with van der Waals surface area (Å²) in [6.07, 6.45) is 2.09. The second-order valence-corrected chi connectivity index (χ2v) is 5.02. The van der Waals surface area contributed by atoms with Crippen molar-refractivity contribution < 1.29 is 9.21 Å². The number of anilines is 1. The molecule has 1 aromatic carbocycles. The maximum absolute atomic E-state index is 11.9. The third kappa shape index (κ3) is 5.06. The Hall–Kier alpha value is -2.11. The molecule has 1 heterocycles. The first-order valence-electron chi connectivity index (χ1n) is 6.97. The maximum atomic E-state index is 11.9. The van der Waals surface area contributed by atoms with Gasteiger partial charge in [0, 0.05) is 25.2 Å². The van der Waals surface area contributed by atoms with Crippen molar-refractivity contribution in [1.29, 1.82) is 0 Å². The highest BCUT2D eigenvalue weighted by Crippen LogP contribution is 2.10. The number of furan rings is 1. The van der Waals surface area contributed by atoms with Gasteiger partial charge in [-0.25, -0.2) is 0 Å². The molecule has 21 heavy (non-hydrogen) atoms. The minimum atomic E-state index is 0.00166. The van der Waals surface area contributed by atoms with Crippen molar-refractivity contribution in [1.82, 2.24) is 4.90 Å². The predicted octanol–water partition coefficient (Wildman–Crippen LogP) is 2.20. The second kappa shape index (κ2) is 7.61. The van der Waals surface area contributed by atoms with Gasteiger partial charge in [0.05, 0.1) is 12.8 Å². The van der Waals surface area contributed by atoms with Crippen molar-refractivity contribution in [3.8, 4) is 0 Å². The van der Waals surface area contributed by atoms with Crippen molar-refractivity contribution in [2.24, 2.45) is 5.73 Å². The van der Waals surface area contributed by atoms with Crippen LogP contribution in [0.4, 0.5) is 5.69 Å². The Bertz CT molecular complexity index is 549. The van der Waals surface area contributed by atoms with Crippen LogP contribution in [0, 0.1) is 0 Å². The molecular weight excluding hydrogens is 266 g/mol. The van der Waals surface area contributed by atoms with Crippen molar-refractivity contribution in [2.75, 3.05) is 18.9 Å². The highest BCUT2D eigenvalue weighted by Gasteiger charge is 2.07. The minimum absolute atomic E-state index is 0.00166. The molecule has 0 aliphatic rings. The van der Waals surface area contributed by atoms with E-state index in [1.165, 1.54) is 0 Å². The number of hydrogen-bond donors (Lipinski definition) is 2. The van der Waals surface area contributed by atoms with E-state index >= 15 is 0 Å². The summed E-state index contributed by atoms with van der Waals surface area (Å²) in [5.41, 5.74) is 7.38. The average Bonchev–Trinajstić information content (AvgIpc) is 2.99. The van der Waals surface area contributed by atoms with E-state index < -0.39 is 0 Å². The number of benzene rings is 1. The van der Waals surface area contributed by atoms with Crippen molar-refractivity contribution in [3.05, 3.63) is 54.0 Å². The Kier molecular flexibility index (Phi) is 5.54. The molecule has 5 nitrogen and oxygen atoms in total. The Morgan fingerprint density at radius 3 is 2.67 bits per heavy atom. The minimum Gasteiger partial charge on any atom is -0.468 e. The molecule has 0 saturated carbocycles. The molecule has 1 aromatic heterocycles. The van der Waals surface area contributed by atoms with Crippen LogP contribution in [-0.2, 0) is 17.9 Å². The Balaban J connectivity index is 1.73. The molecule has 0 unspecified atom stereocenters. The normalized spacial score (nSPS) is 10.8. The molecule has 0 atom stereocenters. The fourth-order valence-corrected chi connectivity index (χ4v) is 1.99. The molecule has 0 aliphatic heterocycles. The number of carbonyl (C=O) groups excluding carboxylic acids is 1. The van der Waals surface area contributed by atoms with Gasteiger partial charge >= 0.3 is 0 Å². The number of nitrogens with two attached hydrogens (primary N) is 1. The summed E-state index contributed by atoms with van der Waals surface area (Å²) in [6.45, 7) is 1.88. The van der Waals surface area contributed by atoms with Crippen LogP contribution in [0.15, 0.2) is 47.1 Å². The van der Waals surface area contributed by atoms with Gasteiger partial charge in [0.25, 0.3) is 0 Å². The van der Waals surface area contributed by atoms with E-state index in [4.69, 9.17) is 10.2 Å². The predicted molar refractivity (Wildman–Crippen MR) is 82.6 cm³/mol. The fourth-order valence-electron chi connectivity index (χ4n) is 1.99. The molecule has 2 aromatic rings. The molecule has 5 heteroatoms. The molecule has 1 amide bonds. The smallest absolute Gasteiger partial charge is 0.225 e. The number of hydrogen-bond acceptors (Lipinski definition) is 4. The summed E-state index contributed by atoms with van der Waals surface area (Å²) in [5.74, 6) is 0.900. The van der Waals surface area contributed by atoms with Gasteiger partial charge in [-0.2, -0.15) is 0 Å². The van der Waals surface area contributed by atoms with E-state index in [9.17, 15) is 4.79 Å². The molecule has 0 fully saturated rings. The standard InChI is InChI=1S/C16H21N3O2/c1-19(12-15-3-2-10-21-15)9-8-16(20)18-14-6-4-13(11-17)5-7-14/h2-7,10H,8-9,11-12,17H2,1H3,(H,18,20). The highest BCUT2D eigenvalue weighted by molar-refractivity contribution is 5.90. The van der Waals surface area contributed by atoms with Crippen LogP contribution in [0.2, 0.25) is 0 Å². The second-order valence-electron chi connectivity index (χ2n) is 5.02. The Labute approximate surface area is 124 Å². The van der Waals surface area contributed by atoms with Gasteiger partial charge in [0.1, 0.15) is 5.76 Å². The third-order valence-corrected chi connectivity index (χ3v) is 3.20. The topological polar surface area (TPSA) is 71.5 Å². The van der Waals surface area contributed by atoms with E-state index in [0.29, 0.717) is 26.1 Å². The first-order chi connectivity index (χ1) is 10.2. The largest absolute Gasteiger partial charge is 0.468 e. The van der Waals surface area contributed by atoms with Crippen LogP contribution >= 0.6 is 0 Å². The van der Waals surface area contributed by atoms with Gasteiger partial charge in [-0.3, -0.25) is 9.69 Å². The molecule has 0 spiro atoms. The zero-order chi connectivity index (χ0) is 15.1. The quantitative estimate of drug-likeness (QED) is 0.819. The maximum Gasteiger partial charge on any atom is 0.225 e. The van der Waals surface area contributed by atoms with Crippen molar-refractivity contribution in [3.63, 3.8) is 0 Å². The first-order valence-corrected chi connectivity index (χ1v) is 6.97. The Morgan fingerprint density at radius 2 is 2.05 bits per heavy atom. The summed E-state index contributed by atoms with van der Waals surface area (Å²) >= 11 is 0. The number of amides is 1. The highest BCUT2D eigenvalue weighted by atomic mass is 16.3. The van der Waals surface area contributed by atoms with Gasteiger partial charge < -0.3 is 15.5 Å². The fraction of sp³-hybridized carbons (Fsp3) is 0.312. The number of nitrogens with one attached hydrogen (secondary N) is 1. The van der Waals surface area contributed by atoms with Crippen molar-refractivity contribution in [2.45, 2.75) is 19.5 Å². The van der Waals surface area contributed by atoms with E-state index in [2.05, 4.69) is 10.2 Å². The zero-order valence-corrected chi connectivity index (χ0v) is 12.2. The molecule has 0 saturated heterocycles. The SMILES string of the molecule is CN(CCC(=O)Nc1ccc(CN)cc1)Cc1ccco1. The van der Waals surface area contributed by atoms with Crippen LogP contribution in [0.5, 0.6) is 0 Å². The van der Waals surface area contributed by atoms with Crippen molar-refractivity contribution >= 4 is 11.6 Å². The van der Waals surface area contributed by atoms with Gasteiger partial charge in [-0.15, -0.1) is 0 Å². The molecule has 112 valence electrons. The average molecular weight is 287 g/mol.